The summed E-state index contributed by atoms with van der Waals surface area (Å²) < 4.78 is 0. The molecule has 0 unspecified atom stereocenters. The minimum absolute atomic E-state index is 0.0275. The van der Waals surface area contributed by atoms with Crippen LogP contribution in [0.3, 0.4) is 0 Å². The van der Waals surface area contributed by atoms with Gasteiger partial charge in [0.15, 0.2) is 5.13 Å². The van der Waals surface area contributed by atoms with Gasteiger partial charge in [0.1, 0.15) is 0 Å². The fourth-order valence-corrected chi connectivity index (χ4v) is 4.51. The van der Waals surface area contributed by atoms with Gasteiger partial charge in [-0.3, -0.25) is 9.69 Å². The Balaban J connectivity index is 1.70. The zero-order chi connectivity index (χ0) is 20.9. The predicted octanol–water partition coefficient (Wildman–Crippen LogP) is 7.07. The molecule has 4 rings (SSSR count). The second-order valence-corrected chi connectivity index (χ2v) is 8.52. The summed E-state index contributed by atoms with van der Waals surface area (Å²) in [6.07, 6.45) is 1.03. The molecule has 4 aromatic rings. The number of amides is 1. The Morgan fingerprint density at radius 1 is 0.933 bits per heavy atom. The number of aromatic nitrogens is 1. The molecule has 3 nitrogen and oxygen atoms in total. The fourth-order valence-electron chi connectivity index (χ4n) is 3.33. The third kappa shape index (κ3) is 4.45. The Labute approximate surface area is 185 Å². The summed E-state index contributed by atoms with van der Waals surface area (Å²) in [7, 11) is 0. The van der Waals surface area contributed by atoms with Gasteiger partial charge >= 0.3 is 0 Å². The van der Waals surface area contributed by atoms with Crippen LogP contribution >= 0.6 is 22.9 Å². The molecule has 1 aromatic heterocycles. The second kappa shape index (κ2) is 9.24. The first-order chi connectivity index (χ1) is 14.6. The van der Waals surface area contributed by atoms with Gasteiger partial charge in [-0.1, -0.05) is 84.4 Å². The highest BCUT2D eigenvalue weighted by Gasteiger charge is 2.24. The molecule has 150 valence electrons. The molecule has 0 N–H and O–H groups in total. The van der Waals surface area contributed by atoms with Gasteiger partial charge < -0.3 is 0 Å². The predicted molar refractivity (Wildman–Crippen MR) is 126 cm³/mol. The van der Waals surface area contributed by atoms with Gasteiger partial charge in [0.2, 0.25) is 5.91 Å². The molecule has 0 fully saturated rings. The molecule has 0 bridgehead atoms. The number of benzene rings is 3. The zero-order valence-electron chi connectivity index (χ0n) is 16.6. The third-order valence-electron chi connectivity index (χ3n) is 4.84. The third-order valence-corrected chi connectivity index (χ3v) is 6.11. The van der Waals surface area contributed by atoms with E-state index < -0.39 is 0 Å². The molecule has 1 amide bonds. The lowest BCUT2D eigenvalue weighted by Crippen LogP contribution is -2.26. The van der Waals surface area contributed by atoms with Crippen LogP contribution < -0.4 is 4.90 Å². The molecule has 0 spiro atoms. The molecule has 5 heteroatoms. The number of hydrogen-bond acceptors (Lipinski definition) is 3. The van der Waals surface area contributed by atoms with Crippen molar-refractivity contribution in [2.45, 2.75) is 19.8 Å². The summed E-state index contributed by atoms with van der Waals surface area (Å²) in [6.45, 7) is 2.03. The van der Waals surface area contributed by atoms with E-state index in [1.54, 1.807) is 11.0 Å². The summed E-state index contributed by atoms with van der Waals surface area (Å²) in [4.78, 5) is 20.9. The van der Waals surface area contributed by atoms with E-state index in [0.717, 1.165) is 21.7 Å². The van der Waals surface area contributed by atoms with Crippen LogP contribution in [-0.4, -0.2) is 10.9 Å². The molecular weight excluding hydrogens is 412 g/mol. The van der Waals surface area contributed by atoms with Gasteiger partial charge in [0.25, 0.3) is 0 Å². The molecule has 3 aromatic carbocycles. The first kappa shape index (κ1) is 20.3. The van der Waals surface area contributed by atoms with E-state index in [-0.39, 0.29) is 5.91 Å². The largest absolute Gasteiger partial charge is 0.274 e. The lowest BCUT2D eigenvalue weighted by Gasteiger charge is -2.21. The van der Waals surface area contributed by atoms with Crippen LogP contribution in [0.1, 0.15) is 16.9 Å². The molecule has 0 aliphatic rings. The topological polar surface area (TPSA) is 33.2 Å². The van der Waals surface area contributed by atoms with Crippen molar-refractivity contribution in [2.24, 2.45) is 0 Å². The summed E-state index contributed by atoms with van der Waals surface area (Å²) in [5.74, 6) is -0.0275. The Kier molecular flexibility index (Phi) is 6.26. The van der Waals surface area contributed by atoms with Gasteiger partial charge in [-0.2, -0.15) is 0 Å². The second-order valence-electron chi connectivity index (χ2n) is 6.93. The molecule has 0 aliphatic carbocycles. The lowest BCUT2D eigenvalue weighted by molar-refractivity contribution is -0.117. The number of para-hydroxylation sites is 1. The normalized spacial score (nSPS) is 10.7. The number of thiazole rings is 1. The van der Waals surface area contributed by atoms with Crippen LogP contribution in [0.4, 0.5) is 10.8 Å². The van der Waals surface area contributed by atoms with Crippen LogP contribution in [0.25, 0.3) is 11.3 Å². The monoisotopic (exact) mass is 432 g/mol. The molecule has 0 saturated heterocycles. The Morgan fingerprint density at radius 2 is 1.57 bits per heavy atom. The Hall–Kier alpha value is -2.95. The van der Waals surface area contributed by atoms with Crippen LogP contribution in [0, 0.1) is 6.92 Å². The van der Waals surface area contributed by atoms with Gasteiger partial charge in [-0.05, 0) is 31.0 Å². The van der Waals surface area contributed by atoms with Crippen LogP contribution in [0.2, 0.25) is 5.02 Å². The average molecular weight is 433 g/mol. The van der Waals surface area contributed by atoms with Crippen LogP contribution in [-0.2, 0) is 11.2 Å². The quantitative estimate of drug-likeness (QED) is 0.326. The van der Waals surface area contributed by atoms with Crippen molar-refractivity contribution < 1.29 is 4.79 Å². The lowest BCUT2D eigenvalue weighted by atomic mass is 10.1. The average Bonchev–Trinajstić information content (AvgIpc) is 3.16. The van der Waals surface area contributed by atoms with Crippen molar-refractivity contribution in [3.63, 3.8) is 0 Å². The summed E-state index contributed by atoms with van der Waals surface area (Å²) in [6, 6.07) is 27.5. The minimum atomic E-state index is -0.0275. The minimum Gasteiger partial charge on any atom is -0.274 e. The highest BCUT2D eigenvalue weighted by molar-refractivity contribution is 7.16. The first-order valence-electron chi connectivity index (χ1n) is 9.78. The van der Waals surface area contributed by atoms with E-state index in [1.165, 1.54) is 11.3 Å². The number of rotatable bonds is 6. The van der Waals surface area contributed by atoms with Gasteiger partial charge in [-0.25, -0.2) is 4.98 Å². The molecule has 30 heavy (non-hydrogen) atoms. The SMILES string of the molecule is Cc1sc(N(C(=O)CCc2ccccc2)c2ccccc2Cl)nc1-c1ccccc1. The van der Waals surface area contributed by atoms with Gasteiger partial charge in [0.05, 0.1) is 16.4 Å². The molecular formula is C25H21ClN2OS. The number of hydrogen-bond donors (Lipinski definition) is 0. The van der Waals surface area contributed by atoms with E-state index in [2.05, 4.69) is 0 Å². The molecule has 0 saturated carbocycles. The fraction of sp³-hybridized carbons (Fsp3) is 0.120. The molecule has 0 aliphatic heterocycles. The number of carbonyl (C=O) groups is 1. The van der Waals surface area contributed by atoms with Crippen LogP contribution in [0.5, 0.6) is 0 Å². The van der Waals surface area contributed by atoms with Crippen molar-refractivity contribution in [1.29, 1.82) is 0 Å². The maximum absolute atomic E-state index is 13.4. The van der Waals surface area contributed by atoms with Crippen LogP contribution in [0.15, 0.2) is 84.9 Å². The molecule has 1 heterocycles. The summed E-state index contributed by atoms with van der Waals surface area (Å²) in [5.41, 5.74) is 3.72. The summed E-state index contributed by atoms with van der Waals surface area (Å²) >= 11 is 7.98. The van der Waals surface area contributed by atoms with Gasteiger partial charge in [0, 0.05) is 16.9 Å². The summed E-state index contributed by atoms with van der Waals surface area (Å²) in [5, 5.41) is 1.16. The smallest absolute Gasteiger partial charge is 0.233 e. The highest BCUT2D eigenvalue weighted by atomic mass is 35.5. The van der Waals surface area contributed by atoms with Crippen molar-refractivity contribution in [3.05, 3.63) is 100 Å². The Morgan fingerprint density at radius 3 is 2.27 bits per heavy atom. The molecule has 0 atom stereocenters. The van der Waals surface area contributed by atoms with Crippen molar-refractivity contribution >= 4 is 39.7 Å². The van der Waals surface area contributed by atoms with E-state index in [0.29, 0.717) is 28.7 Å². The molecule has 0 radical (unpaired) electrons. The maximum atomic E-state index is 13.4. The number of halogens is 1. The number of carbonyl (C=O) groups excluding carboxylic acids is 1. The maximum Gasteiger partial charge on any atom is 0.233 e. The van der Waals surface area contributed by atoms with E-state index in [4.69, 9.17) is 16.6 Å². The van der Waals surface area contributed by atoms with E-state index >= 15 is 0 Å². The standard InChI is InChI=1S/C25H21ClN2OS/c1-18-24(20-12-6-3-7-13-20)27-25(30-18)28(22-15-9-8-14-21(22)26)23(29)17-16-19-10-4-2-5-11-19/h2-15H,16-17H2,1H3. The highest BCUT2D eigenvalue weighted by Crippen LogP contribution is 2.38. The van der Waals surface area contributed by atoms with Gasteiger partial charge in [-0.15, -0.1) is 11.3 Å². The number of anilines is 2. The van der Waals surface area contributed by atoms with Crippen molar-refractivity contribution in [2.75, 3.05) is 4.90 Å². The number of nitrogens with zero attached hydrogens (tertiary/aromatic N) is 2. The van der Waals surface area contributed by atoms with E-state index in [9.17, 15) is 4.79 Å². The first-order valence-corrected chi connectivity index (χ1v) is 11.0. The Bertz CT molecular complexity index is 1140. The van der Waals surface area contributed by atoms with Crippen molar-refractivity contribution in [1.82, 2.24) is 4.98 Å². The zero-order valence-corrected chi connectivity index (χ0v) is 18.2. The van der Waals surface area contributed by atoms with Crippen molar-refractivity contribution in [3.8, 4) is 11.3 Å². The van der Waals surface area contributed by atoms with E-state index in [1.807, 2.05) is 85.8 Å². The number of aryl methyl sites for hydroxylation is 2.